The number of pyridine rings is 1. The summed E-state index contributed by atoms with van der Waals surface area (Å²) in [4.78, 5) is 15.8. The number of benzene rings is 1. The first-order valence-electron chi connectivity index (χ1n) is 5.44. The number of halogens is 2. The van der Waals surface area contributed by atoms with E-state index in [1.807, 2.05) is 12.1 Å². The molecule has 0 saturated carbocycles. The maximum atomic E-state index is 12.2. The van der Waals surface area contributed by atoms with E-state index in [0.717, 1.165) is 11.3 Å². The molecule has 0 fully saturated rings. The minimum absolute atomic E-state index is 0. The number of carbonyl (C=O) groups excluding carboxylic acids is 1. The molecule has 1 atom stereocenters. The van der Waals surface area contributed by atoms with E-state index in [1.54, 1.807) is 43.8 Å². The van der Waals surface area contributed by atoms with Crippen molar-refractivity contribution in [3.63, 3.8) is 0 Å². The highest BCUT2D eigenvalue weighted by molar-refractivity contribution is 9.09. The Morgan fingerprint density at radius 3 is 2.26 bits per heavy atom. The minimum atomic E-state index is -0.353. The van der Waals surface area contributed by atoms with Crippen molar-refractivity contribution in [3.05, 3.63) is 59.9 Å². The Morgan fingerprint density at radius 2 is 1.74 bits per heavy atom. The van der Waals surface area contributed by atoms with Gasteiger partial charge in [-0.3, -0.25) is 9.78 Å². The Labute approximate surface area is 130 Å². The van der Waals surface area contributed by atoms with Gasteiger partial charge in [0.05, 0.1) is 7.11 Å². The zero-order valence-electron chi connectivity index (χ0n) is 10.2. The molecule has 100 valence electrons. The van der Waals surface area contributed by atoms with Gasteiger partial charge in [-0.15, -0.1) is 17.0 Å². The zero-order chi connectivity index (χ0) is 13.0. The summed E-state index contributed by atoms with van der Waals surface area (Å²) < 4.78 is 5.06. The van der Waals surface area contributed by atoms with Crippen LogP contribution in [0, 0.1) is 0 Å². The molecule has 0 N–H and O–H groups in total. The highest BCUT2D eigenvalue weighted by atomic mass is 79.9. The second-order valence-electron chi connectivity index (χ2n) is 3.74. The van der Waals surface area contributed by atoms with Crippen molar-refractivity contribution >= 4 is 38.7 Å². The Kier molecular flexibility index (Phi) is 6.18. The van der Waals surface area contributed by atoms with Crippen molar-refractivity contribution in [2.45, 2.75) is 4.83 Å². The Hall–Kier alpha value is -1.20. The first-order chi connectivity index (χ1) is 8.72. The van der Waals surface area contributed by atoms with Crippen LogP contribution < -0.4 is 4.74 Å². The van der Waals surface area contributed by atoms with E-state index in [9.17, 15) is 4.79 Å². The summed E-state index contributed by atoms with van der Waals surface area (Å²) in [5.41, 5.74) is 1.54. The molecule has 0 aliphatic heterocycles. The van der Waals surface area contributed by atoms with E-state index >= 15 is 0 Å². The molecule has 0 amide bonds. The molecule has 0 bridgehead atoms. The number of ether oxygens (including phenoxy) is 1. The molecule has 0 saturated heterocycles. The van der Waals surface area contributed by atoms with Crippen molar-refractivity contribution in [1.29, 1.82) is 0 Å². The third-order valence-electron chi connectivity index (χ3n) is 2.60. The number of nitrogens with zero attached hydrogens (tertiary/aromatic N) is 1. The monoisotopic (exact) mass is 385 g/mol. The number of ketones is 1. The molecule has 0 spiro atoms. The quantitative estimate of drug-likeness (QED) is 0.589. The fraction of sp³-hybridized carbons (Fsp3) is 0.143. The van der Waals surface area contributed by atoms with Crippen molar-refractivity contribution in [2.75, 3.05) is 7.11 Å². The van der Waals surface area contributed by atoms with Crippen LogP contribution in [0.4, 0.5) is 0 Å². The predicted molar refractivity (Wildman–Crippen MR) is 83.6 cm³/mol. The topological polar surface area (TPSA) is 39.2 Å². The van der Waals surface area contributed by atoms with Crippen molar-refractivity contribution in [1.82, 2.24) is 4.98 Å². The number of hydrogen-bond donors (Lipinski definition) is 0. The van der Waals surface area contributed by atoms with Crippen LogP contribution in [0.3, 0.4) is 0 Å². The summed E-state index contributed by atoms with van der Waals surface area (Å²) in [6, 6.07) is 10.7. The maximum absolute atomic E-state index is 12.2. The summed E-state index contributed by atoms with van der Waals surface area (Å²) in [7, 11) is 1.60. The molecule has 2 aromatic rings. The summed E-state index contributed by atoms with van der Waals surface area (Å²) >= 11 is 3.42. The summed E-state index contributed by atoms with van der Waals surface area (Å²) in [6.07, 6.45) is 3.34. The van der Waals surface area contributed by atoms with Crippen LogP contribution in [-0.4, -0.2) is 17.9 Å². The molecule has 3 nitrogen and oxygen atoms in total. The van der Waals surface area contributed by atoms with Crippen molar-refractivity contribution in [2.24, 2.45) is 0 Å². The van der Waals surface area contributed by atoms with E-state index in [-0.39, 0.29) is 27.6 Å². The summed E-state index contributed by atoms with van der Waals surface area (Å²) in [6.45, 7) is 0. The minimum Gasteiger partial charge on any atom is -0.497 e. The fourth-order valence-corrected chi connectivity index (χ4v) is 2.15. The van der Waals surface area contributed by atoms with E-state index in [1.165, 1.54) is 0 Å². The number of aromatic nitrogens is 1. The second kappa shape index (κ2) is 7.40. The van der Waals surface area contributed by atoms with Crippen molar-refractivity contribution in [3.8, 4) is 5.75 Å². The lowest BCUT2D eigenvalue weighted by Crippen LogP contribution is -2.07. The van der Waals surface area contributed by atoms with Gasteiger partial charge in [0.25, 0.3) is 0 Å². The van der Waals surface area contributed by atoms with Crippen LogP contribution in [0.15, 0.2) is 48.8 Å². The van der Waals surface area contributed by atoms with Crippen LogP contribution in [0.1, 0.15) is 20.7 Å². The Bertz CT molecular complexity index is 529. The lowest BCUT2D eigenvalue weighted by Gasteiger charge is -2.09. The van der Waals surface area contributed by atoms with Gasteiger partial charge >= 0.3 is 0 Å². The number of Topliss-reactive ketones (excluding diaryl/α,β-unsaturated/α-hetero) is 1. The molecule has 1 aromatic carbocycles. The number of alkyl halides is 1. The molecular weight excluding hydrogens is 374 g/mol. The zero-order valence-corrected chi connectivity index (χ0v) is 13.5. The average Bonchev–Trinajstić information content (AvgIpc) is 2.47. The molecule has 0 radical (unpaired) electrons. The number of hydrogen-bond acceptors (Lipinski definition) is 3. The first kappa shape index (κ1) is 15.9. The van der Waals surface area contributed by atoms with Gasteiger partial charge in [-0.05, 0) is 42.0 Å². The van der Waals surface area contributed by atoms with Crippen LogP contribution in [0.25, 0.3) is 0 Å². The van der Waals surface area contributed by atoms with Gasteiger partial charge in [-0.25, -0.2) is 0 Å². The van der Waals surface area contributed by atoms with Gasteiger partial charge in [-0.1, -0.05) is 15.9 Å². The molecule has 1 heterocycles. The summed E-state index contributed by atoms with van der Waals surface area (Å²) in [5, 5.41) is 0. The molecule has 2 rings (SSSR count). The van der Waals surface area contributed by atoms with Gasteiger partial charge in [0, 0.05) is 18.0 Å². The SMILES string of the molecule is Br.COc1ccc(C(=O)C(Br)c2ccncc2)cc1. The number of carbonyl (C=O) groups is 1. The Morgan fingerprint density at radius 1 is 1.16 bits per heavy atom. The normalized spacial score (nSPS) is 11.3. The van der Waals surface area contributed by atoms with Gasteiger partial charge in [0.15, 0.2) is 5.78 Å². The molecular formula is C14H13Br2NO2. The second-order valence-corrected chi connectivity index (χ2v) is 4.65. The largest absolute Gasteiger partial charge is 0.497 e. The molecule has 0 aliphatic rings. The number of rotatable bonds is 4. The van der Waals surface area contributed by atoms with E-state index in [2.05, 4.69) is 20.9 Å². The summed E-state index contributed by atoms with van der Waals surface area (Å²) in [5.74, 6) is 0.755. The average molecular weight is 387 g/mol. The molecule has 19 heavy (non-hydrogen) atoms. The van der Waals surface area contributed by atoms with Crippen LogP contribution in [0.5, 0.6) is 5.75 Å². The van der Waals surface area contributed by atoms with Crippen molar-refractivity contribution < 1.29 is 9.53 Å². The maximum Gasteiger partial charge on any atom is 0.180 e. The lowest BCUT2D eigenvalue weighted by atomic mass is 10.0. The van der Waals surface area contributed by atoms with Crippen LogP contribution in [-0.2, 0) is 0 Å². The third kappa shape index (κ3) is 3.88. The van der Waals surface area contributed by atoms with Crippen LogP contribution >= 0.6 is 32.9 Å². The first-order valence-corrected chi connectivity index (χ1v) is 6.36. The predicted octanol–water partition coefficient (Wildman–Crippen LogP) is 3.99. The molecule has 0 aliphatic carbocycles. The standard InChI is InChI=1S/C14H12BrNO2.BrH/c1-18-12-4-2-11(3-5-12)14(17)13(15)10-6-8-16-9-7-10;/h2-9,13H,1H3;1H. The molecule has 1 aromatic heterocycles. The Balaban J connectivity index is 0.00000180. The van der Waals surface area contributed by atoms with Gasteiger partial charge in [-0.2, -0.15) is 0 Å². The van der Waals surface area contributed by atoms with Gasteiger partial charge < -0.3 is 4.74 Å². The van der Waals surface area contributed by atoms with Crippen LogP contribution in [0.2, 0.25) is 0 Å². The van der Waals surface area contributed by atoms with Gasteiger partial charge in [0.2, 0.25) is 0 Å². The molecule has 5 heteroatoms. The van der Waals surface area contributed by atoms with E-state index in [0.29, 0.717) is 5.56 Å². The van der Waals surface area contributed by atoms with Gasteiger partial charge in [0.1, 0.15) is 10.6 Å². The van der Waals surface area contributed by atoms with E-state index in [4.69, 9.17) is 4.74 Å². The highest BCUT2D eigenvalue weighted by Gasteiger charge is 2.18. The fourth-order valence-electron chi connectivity index (χ4n) is 1.59. The van der Waals surface area contributed by atoms with E-state index < -0.39 is 0 Å². The molecule has 1 unspecified atom stereocenters. The smallest absolute Gasteiger partial charge is 0.180 e. The lowest BCUT2D eigenvalue weighted by molar-refractivity contribution is 0.0991. The number of methoxy groups -OCH3 is 1. The third-order valence-corrected chi connectivity index (χ3v) is 3.55. The highest BCUT2D eigenvalue weighted by Crippen LogP contribution is 2.27.